The Bertz CT molecular complexity index is 3060. The lowest BCUT2D eigenvalue weighted by Gasteiger charge is -2.35. The van der Waals surface area contributed by atoms with E-state index in [0.29, 0.717) is 0 Å². The molecule has 0 amide bonds. The average Bonchev–Trinajstić information content (AvgIpc) is 3.76. The highest BCUT2D eigenvalue weighted by atomic mass is 16.3. The van der Waals surface area contributed by atoms with Gasteiger partial charge in [0, 0.05) is 68.0 Å². The molecule has 6 aromatic carbocycles. The van der Waals surface area contributed by atoms with Gasteiger partial charge in [0.25, 0.3) is 0 Å². The summed E-state index contributed by atoms with van der Waals surface area (Å²) in [7, 11) is 0. The summed E-state index contributed by atoms with van der Waals surface area (Å²) >= 11 is 0. The minimum absolute atomic E-state index is 0.880. The van der Waals surface area contributed by atoms with Crippen molar-refractivity contribution in [2.24, 2.45) is 0 Å². The predicted octanol–water partition coefficient (Wildman–Crippen LogP) is 15.6. The topological polar surface area (TPSA) is 32.8 Å². The van der Waals surface area contributed by atoms with Crippen LogP contribution in [0.5, 0.6) is 0 Å². The van der Waals surface area contributed by atoms with Crippen LogP contribution in [0.1, 0.15) is 77.8 Å². The van der Waals surface area contributed by atoms with Crippen molar-refractivity contribution in [3.63, 3.8) is 0 Å². The van der Waals surface area contributed by atoms with E-state index in [4.69, 9.17) is 8.83 Å². The van der Waals surface area contributed by atoms with Crippen LogP contribution >= 0.6 is 0 Å². The molecule has 4 nitrogen and oxygen atoms in total. The SMILES string of the molecule is CC1=CC(C)=C(N(C2=Cc3oc4ccc5c(ccc6oc7cc(N(c8ccc(C)cc8C)c8ccc(C)cc8C)ccc7c65)c4c3CC2)c2ccc(C)cc2C)CC1. The predicted molar refractivity (Wildman–Crippen MR) is 245 cm³/mol. The number of rotatable bonds is 6. The van der Waals surface area contributed by atoms with Gasteiger partial charge in [-0.2, -0.15) is 0 Å². The van der Waals surface area contributed by atoms with E-state index in [1.54, 1.807) is 0 Å². The first-order chi connectivity index (χ1) is 28.0. The smallest absolute Gasteiger partial charge is 0.137 e. The van der Waals surface area contributed by atoms with Crippen LogP contribution in [0.25, 0.3) is 49.8 Å². The van der Waals surface area contributed by atoms with Crippen LogP contribution in [0.4, 0.5) is 22.7 Å². The van der Waals surface area contributed by atoms with Crippen molar-refractivity contribution in [3.05, 3.63) is 170 Å². The molecule has 8 aromatic rings. The fraction of sp³-hybridized carbons (Fsp3) is 0.222. The number of aryl methyl sites for hydroxylation is 7. The molecule has 2 aliphatic carbocycles. The summed E-state index contributed by atoms with van der Waals surface area (Å²) in [6.07, 6.45) is 8.64. The second-order valence-corrected chi connectivity index (χ2v) is 17.0. The zero-order chi connectivity index (χ0) is 40.0. The zero-order valence-corrected chi connectivity index (χ0v) is 34.9. The number of allylic oxidation sites excluding steroid dienone is 5. The molecule has 2 aromatic heterocycles. The minimum Gasteiger partial charge on any atom is -0.456 e. The van der Waals surface area contributed by atoms with Gasteiger partial charge in [-0.25, -0.2) is 0 Å². The molecule has 0 radical (unpaired) electrons. The Morgan fingerprint density at radius 2 is 1.02 bits per heavy atom. The summed E-state index contributed by atoms with van der Waals surface area (Å²) in [6, 6.07) is 35.8. The third-order valence-corrected chi connectivity index (χ3v) is 12.6. The normalized spacial score (nSPS) is 14.4. The molecule has 288 valence electrons. The maximum absolute atomic E-state index is 6.78. The second kappa shape index (κ2) is 13.7. The monoisotopic (exact) mass is 758 g/mol. The maximum atomic E-state index is 6.78. The molecule has 4 heteroatoms. The Morgan fingerprint density at radius 1 is 0.448 bits per heavy atom. The number of hydrogen-bond donors (Lipinski definition) is 0. The summed E-state index contributed by atoms with van der Waals surface area (Å²) < 4.78 is 13.5. The highest BCUT2D eigenvalue weighted by molar-refractivity contribution is 6.24. The number of hydrogen-bond acceptors (Lipinski definition) is 4. The number of anilines is 4. The molecule has 0 saturated heterocycles. The van der Waals surface area contributed by atoms with Crippen molar-refractivity contribution < 1.29 is 8.83 Å². The van der Waals surface area contributed by atoms with Crippen LogP contribution in [0.15, 0.2) is 135 Å². The molecule has 0 N–H and O–H groups in total. The molecule has 0 unspecified atom stereocenters. The van der Waals surface area contributed by atoms with Crippen molar-refractivity contribution in [1.82, 2.24) is 0 Å². The van der Waals surface area contributed by atoms with E-state index in [-0.39, 0.29) is 0 Å². The molecule has 0 spiro atoms. The summed E-state index contributed by atoms with van der Waals surface area (Å²) in [5.41, 5.74) is 21.7. The first-order valence-electron chi connectivity index (χ1n) is 20.8. The average molecular weight is 759 g/mol. The third kappa shape index (κ3) is 5.88. The lowest BCUT2D eigenvalue weighted by Crippen LogP contribution is -2.26. The van der Waals surface area contributed by atoms with Gasteiger partial charge in [0.2, 0.25) is 0 Å². The van der Waals surface area contributed by atoms with Crippen LogP contribution < -0.4 is 9.80 Å². The van der Waals surface area contributed by atoms with E-state index in [0.717, 1.165) is 76.0 Å². The van der Waals surface area contributed by atoms with Crippen LogP contribution in [0.3, 0.4) is 0 Å². The van der Waals surface area contributed by atoms with Crippen molar-refractivity contribution in [2.75, 3.05) is 9.80 Å². The Labute approximate surface area is 341 Å². The molecular weight excluding hydrogens is 709 g/mol. The molecule has 0 aliphatic heterocycles. The first-order valence-corrected chi connectivity index (χ1v) is 20.8. The highest BCUT2D eigenvalue weighted by Crippen LogP contribution is 2.46. The Balaban J connectivity index is 1.10. The van der Waals surface area contributed by atoms with Gasteiger partial charge in [0.15, 0.2) is 0 Å². The van der Waals surface area contributed by atoms with Gasteiger partial charge in [0.05, 0.1) is 0 Å². The highest BCUT2D eigenvalue weighted by Gasteiger charge is 2.28. The zero-order valence-electron chi connectivity index (χ0n) is 34.9. The minimum atomic E-state index is 0.880. The lowest BCUT2D eigenvalue weighted by atomic mass is 9.92. The van der Waals surface area contributed by atoms with E-state index in [1.807, 2.05) is 0 Å². The maximum Gasteiger partial charge on any atom is 0.137 e. The van der Waals surface area contributed by atoms with Crippen molar-refractivity contribution in [1.29, 1.82) is 0 Å². The van der Waals surface area contributed by atoms with Gasteiger partial charge in [0.1, 0.15) is 22.5 Å². The summed E-state index contributed by atoms with van der Waals surface area (Å²) in [4.78, 5) is 4.92. The third-order valence-electron chi connectivity index (χ3n) is 12.6. The van der Waals surface area contributed by atoms with Gasteiger partial charge in [-0.15, -0.1) is 0 Å². The second-order valence-electron chi connectivity index (χ2n) is 17.0. The molecule has 10 rings (SSSR count). The number of fused-ring (bicyclic) bond motifs is 9. The fourth-order valence-corrected chi connectivity index (χ4v) is 9.88. The number of benzene rings is 6. The van der Waals surface area contributed by atoms with Gasteiger partial charge in [-0.3, -0.25) is 0 Å². The largest absolute Gasteiger partial charge is 0.456 e. The van der Waals surface area contributed by atoms with Gasteiger partial charge in [-0.05, 0) is 169 Å². The molecule has 2 heterocycles. The Hall–Kier alpha value is -6.26. The van der Waals surface area contributed by atoms with E-state index in [9.17, 15) is 0 Å². The summed E-state index contributed by atoms with van der Waals surface area (Å²) in [6.45, 7) is 17.6. The van der Waals surface area contributed by atoms with Crippen molar-refractivity contribution >= 4 is 72.5 Å². The molecule has 0 fully saturated rings. The summed E-state index contributed by atoms with van der Waals surface area (Å²) in [5.74, 6) is 0.971. The van der Waals surface area contributed by atoms with Gasteiger partial charge in [-0.1, -0.05) is 64.7 Å². The molecule has 0 saturated carbocycles. The van der Waals surface area contributed by atoms with E-state index >= 15 is 0 Å². The van der Waals surface area contributed by atoms with Crippen molar-refractivity contribution in [3.8, 4) is 0 Å². The quantitative estimate of drug-likeness (QED) is 0.169. The number of nitrogens with zero attached hydrogens (tertiary/aromatic N) is 2. The fourth-order valence-electron chi connectivity index (χ4n) is 9.88. The van der Waals surface area contributed by atoms with Crippen LogP contribution in [-0.2, 0) is 6.42 Å². The first kappa shape index (κ1) is 36.1. The Kier molecular flexibility index (Phi) is 8.53. The van der Waals surface area contributed by atoms with Gasteiger partial charge < -0.3 is 18.6 Å². The number of furan rings is 2. The molecular formula is C54H50N2O2. The van der Waals surface area contributed by atoms with Crippen molar-refractivity contribution in [2.45, 2.75) is 81.1 Å². The van der Waals surface area contributed by atoms with Crippen LogP contribution in [-0.4, -0.2) is 0 Å². The van der Waals surface area contributed by atoms with E-state index in [1.165, 1.54) is 83.3 Å². The van der Waals surface area contributed by atoms with Crippen LogP contribution in [0.2, 0.25) is 0 Å². The van der Waals surface area contributed by atoms with E-state index in [2.05, 4.69) is 174 Å². The molecule has 0 atom stereocenters. The van der Waals surface area contributed by atoms with Gasteiger partial charge >= 0.3 is 0 Å². The molecule has 58 heavy (non-hydrogen) atoms. The lowest BCUT2D eigenvalue weighted by molar-refractivity contribution is 0.592. The summed E-state index contributed by atoms with van der Waals surface area (Å²) in [5, 5.41) is 5.89. The molecule has 0 bridgehead atoms. The molecule has 2 aliphatic rings. The Morgan fingerprint density at radius 3 is 1.62 bits per heavy atom. The van der Waals surface area contributed by atoms with Crippen LogP contribution in [0, 0.1) is 41.5 Å². The van der Waals surface area contributed by atoms with E-state index < -0.39 is 0 Å². The standard InChI is InChI=1S/C54H50N2O2/c1-31-9-19-45(35(5)25-31)55(46-20-10-32(2)26-36(46)6)39-13-15-43-51(29-39)57-49-23-17-42-41(53(43)49)18-24-50-54(42)44-16-14-40(30-52(44)58-50)56(47-21-11-33(3)27-37(47)7)48-22-12-34(4)28-38(48)8/h9-11,13,15,17-21,23-30H,12,14,16,22H2,1-8H3.